The second-order valence-corrected chi connectivity index (χ2v) is 18.0. The number of hydrogen-bond acceptors (Lipinski definition) is 10. The smallest absolute Gasteiger partial charge is 0.314 e. The van der Waals surface area contributed by atoms with Crippen LogP contribution in [0.5, 0.6) is 0 Å². The molecule has 0 bridgehead atoms. The first-order chi connectivity index (χ1) is 22.3. The van der Waals surface area contributed by atoms with Crippen molar-refractivity contribution in [2.45, 2.75) is 142 Å². The normalized spacial score (nSPS) is 52.9. The highest BCUT2D eigenvalue weighted by Gasteiger charge is 2.72. The van der Waals surface area contributed by atoms with E-state index >= 15 is 0 Å². The van der Waals surface area contributed by atoms with Crippen molar-refractivity contribution in [2.24, 2.45) is 50.2 Å². The molecule has 5 aliphatic carbocycles. The summed E-state index contributed by atoms with van der Waals surface area (Å²) >= 11 is 0. The number of esters is 1. The zero-order valence-electron chi connectivity index (χ0n) is 29.6. The van der Waals surface area contributed by atoms with Gasteiger partial charge in [-0.15, -0.1) is 0 Å². The van der Waals surface area contributed by atoms with Gasteiger partial charge in [-0.3, -0.25) is 9.59 Å². The molecule has 0 aromatic rings. The van der Waals surface area contributed by atoms with Gasteiger partial charge in [0.25, 0.3) is 0 Å². The van der Waals surface area contributed by atoms with Crippen LogP contribution in [0.1, 0.15) is 99.3 Å². The summed E-state index contributed by atoms with van der Waals surface area (Å²) in [6.07, 6.45) is -1.36. The number of carbonyl (C=O) groups is 2. The quantitative estimate of drug-likeness (QED) is 0.143. The minimum atomic E-state index is -1.68. The van der Waals surface area contributed by atoms with E-state index in [1.807, 2.05) is 0 Å². The lowest BCUT2D eigenvalue weighted by atomic mass is 9.33. The fourth-order valence-corrected chi connectivity index (χ4v) is 12.5. The van der Waals surface area contributed by atoms with Crippen LogP contribution in [0.2, 0.25) is 0 Å². The number of hydrogen-bond donors (Lipinski definition) is 6. The second kappa shape index (κ2) is 11.7. The molecule has 0 spiro atoms. The van der Waals surface area contributed by atoms with E-state index in [1.165, 1.54) is 12.7 Å². The van der Waals surface area contributed by atoms with Crippen LogP contribution in [0.4, 0.5) is 0 Å². The Balaban J connectivity index is 1.38. The number of aliphatic hydroxyl groups is 5. The highest BCUT2D eigenvalue weighted by Crippen LogP contribution is 2.76. The topological polar surface area (TPSA) is 183 Å². The Morgan fingerprint density at radius 2 is 1.56 bits per heavy atom. The Labute approximate surface area is 284 Å². The molecule has 1 saturated heterocycles. The molecule has 1 aliphatic heterocycles. The SMILES string of the molecule is COC(=O)[C@@]1(C)[C@@H]2CC[C@]3(C)[C@H](CC=C4[C@@H]5CC(C)(C)CC[C@]5(C(=O)O)CC[C@]43C)[C@@]2(C)C[C@@H](O)[C@@H]1O[C@@H]1O[C@H](CO)[C@@H](O)[C@H](O)[C@H]1O. The predicted molar refractivity (Wildman–Crippen MR) is 173 cm³/mol. The summed E-state index contributed by atoms with van der Waals surface area (Å²) in [6.45, 7) is 12.5. The molecule has 4 saturated carbocycles. The van der Waals surface area contributed by atoms with Gasteiger partial charge in [0.15, 0.2) is 6.29 Å². The number of aliphatic carboxylic acids is 1. The molecule has 0 unspecified atom stereocenters. The number of fused-ring (bicyclic) bond motifs is 7. The van der Waals surface area contributed by atoms with E-state index in [-0.39, 0.29) is 34.0 Å². The molecule has 0 radical (unpaired) electrons. The van der Waals surface area contributed by atoms with E-state index in [9.17, 15) is 40.2 Å². The van der Waals surface area contributed by atoms with Crippen molar-refractivity contribution < 1.29 is 54.4 Å². The molecule has 0 aromatic carbocycles. The standard InChI is InChI=1S/C37H58O11/c1-32(2)12-14-37(30(43)44)15-13-34(4)19(20(37)16-32)8-9-23-33(3)17-21(39)28(48-29-27(42)26(41)25(40)22(18-38)47-29)36(6,31(45)46-7)24(33)10-11-35(23,34)5/h8,20-29,38-42H,9-18H2,1-7H3,(H,43,44)/t20-,21+,22+,23+,24+,25+,26-,27+,28-,29-,33+,34+,35+,36-,37-/m0/s1. The van der Waals surface area contributed by atoms with Gasteiger partial charge in [-0.2, -0.15) is 0 Å². The number of rotatable bonds is 5. The van der Waals surface area contributed by atoms with Crippen molar-refractivity contribution in [3.8, 4) is 0 Å². The van der Waals surface area contributed by atoms with Crippen LogP contribution in [-0.2, 0) is 23.8 Å². The lowest BCUT2D eigenvalue weighted by molar-refractivity contribution is -0.340. The molecule has 272 valence electrons. The summed E-state index contributed by atoms with van der Waals surface area (Å²) in [7, 11) is 1.31. The largest absolute Gasteiger partial charge is 0.481 e. The first kappa shape index (κ1) is 36.2. The summed E-state index contributed by atoms with van der Waals surface area (Å²) in [5.74, 6) is -1.48. The predicted octanol–water partition coefficient (Wildman–Crippen LogP) is 3.18. The van der Waals surface area contributed by atoms with Crippen LogP contribution in [0, 0.1) is 50.2 Å². The maximum Gasteiger partial charge on any atom is 0.314 e. The van der Waals surface area contributed by atoms with Crippen molar-refractivity contribution in [3.05, 3.63) is 11.6 Å². The number of aliphatic hydroxyl groups excluding tert-OH is 5. The summed E-state index contributed by atoms with van der Waals surface area (Å²) in [6, 6.07) is 0. The number of carbonyl (C=O) groups excluding carboxylic acids is 1. The van der Waals surface area contributed by atoms with Gasteiger partial charge in [0, 0.05) is 0 Å². The lowest BCUT2D eigenvalue weighted by Crippen LogP contribution is -2.70. The van der Waals surface area contributed by atoms with E-state index in [4.69, 9.17) is 14.2 Å². The van der Waals surface area contributed by atoms with Gasteiger partial charge in [0.2, 0.25) is 0 Å². The van der Waals surface area contributed by atoms with Gasteiger partial charge >= 0.3 is 11.9 Å². The molecule has 6 aliphatic rings. The van der Waals surface area contributed by atoms with E-state index in [1.54, 1.807) is 6.92 Å². The number of ether oxygens (including phenoxy) is 3. The third-order valence-corrected chi connectivity index (χ3v) is 15.4. The molecule has 0 aromatic heterocycles. The maximum atomic E-state index is 13.9. The Morgan fingerprint density at radius 1 is 0.896 bits per heavy atom. The lowest BCUT2D eigenvalue weighted by Gasteiger charge is -2.71. The second-order valence-electron chi connectivity index (χ2n) is 18.0. The Hall–Kier alpha value is -1.60. The van der Waals surface area contributed by atoms with E-state index in [0.717, 1.165) is 25.7 Å². The van der Waals surface area contributed by atoms with Crippen LogP contribution in [0.3, 0.4) is 0 Å². The molecular formula is C37H58O11. The van der Waals surface area contributed by atoms with Crippen molar-refractivity contribution in [1.29, 1.82) is 0 Å². The molecular weight excluding hydrogens is 620 g/mol. The number of carboxylic acids is 1. The Bertz CT molecular complexity index is 1330. The number of allylic oxidation sites excluding steroid dienone is 2. The van der Waals surface area contributed by atoms with Crippen LogP contribution in [0.15, 0.2) is 11.6 Å². The first-order valence-corrected chi connectivity index (χ1v) is 17.9. The maximum absolute atomic E-state index is 13.9. The molecule has 0 amide bonds. The zero-order valence-corrected chi connectivity index (χ0v) is 29.6. The van der Waals surface area contributed by atoms with Gasteiger partial charge in [-0.05, 0) is 104 Å². The van der Waals surface area contributed by atoms with Crippen LogP contribution >= 0.6 is 0 Å². The van der Waals surface area contributed by atoms with Gasteiger partial charge in [0.05, 0.1) is 30.7 Å². The summed E-state index contributed by atoms with van der Waals surface area (Å²) in [5.41, 5.74) is -1.79. The minimum absolute atomic E-state index is 0.0330. The fraction of sp³-hybridized carbons (Fsp3) is 0.892. The van der Waals surface area contributed by atoms with Crippen molar-refractivity contribution in [2.75, 3.05) is 13.7 Å². The van der Waals surface area contributed by atoms with Gasteiger partial charge in [-0.1, -0.05) is 46.3 Å². The van der Waals surface area contributed by atoms with E-state index in [0.29, 0.717) is 32.1 Å². The van der Waals surface area contributed by atoms with Crippen molar-refractivity contribution in [3.63, 3.8) is 0 Å². The summed E-state index contributed by atoms with van der Waals surface area (Å²) < 4.78 is 17.3. The highest BCUT2D eigenvalue weighted by molar-refractivity contribution is 5.78. The third kappa shape index (κ3) is 4.77. The monoisotopic (exact) mass is 678 g/mol. The first-order valence-electron chi connectivity index (χ1n) is 17.9. The molecule has 6 N–H and O–H groups in total. The number of methoxy groups -OCH3 is 1. The van der Waals surface area contributed by atoms with Crippen molar-refractivity contribution in [1.82, 2.24) is 0 Å². The van der Waals surface area contributed by atoms with Crippen molar-refractivity contribution >= 4 is 11.9 Å². The van der Waals surface area contributed by atoms with Crippen LogP contribution in [-0.4, -0.2) is 99.2 Å². The summed E-state index contributed by atoms with van der Waals surface area (Å²) in [5, 5.41) is 63.9. The third-order valence-electron chi connectivity index (χ3n) is 15.4. The molecule has 6 rings (SSSR count). The molecule has 15 atom stereocenters. The summed E-state index contributed by atoms with van der Waals surface area (Å²) in [4.78, 5) is 26.9. The average Bonchev–Trinajstić information content (AvgIpc) is 3.02. The molecule has 11 heteroatoms. The fourth-order valence-electron chi connectivity index (χ4n) is 12.5. The Morgan fingerprint density at radius 3 is 2.19 bits per heavy atom. The van der Waals surface area contributed by atoms with Gasteiger partial charge in [0.1, 0.15) is 30.5 Å². The molecule has 48 heavy (non-hydrogen) atoms. The average molecular weight is 679 g/mol. The van der Waals surface area contributed by atoms with E-state index < -0.39 is 77.7 Å². The van der Waals surface area contributed by atoms with E-state index in [2.05, 4.69) is 40.7 Å². The van der Waals surface area contributed by atoms with Gasteiger partial charge in [-0.25, -0.2) is 0 Å². The molecule has 11 nitrogen and oxygen atoms in total. The van der Waals surface area contributed by atoms with Crippen LogP contribution in [0.25, 0.3) is 0 Å². The minimum Gasteiger partial charge on any atom is -0.481 e. The highest BCUT2D eigenvalue weighted by atomic mass is 16.7. The van der Waals surface area contributed by atoms with Crippen LogP contribution < -0.4 is 0 Å². The number of carboxylic acid groups (broad SMARTS) is 1. The van der Waals surface area contributed by atoms with Gasteiger partial charge < -0.3 is 44.8 Å². The Kier molecular flexibility index (Phi) is 8.84. The molecule has 1 heterocycles. The molecule has 5 fully saturated rings. The zero-order chi connectivity index (χ0) is 35.4.